The Morgan fingerprint density at radius 1 is 0.724 bits per heavy atom. The van der Waals surface area contributed by atoms with Crippen molar-refractivity contribution in [2.75, 3.05) is 7.11 Å². The summed E-state index contributed by atoms with van der Waals surface area (Å²) in [6, 6.07) is 26.1. The molecule has 0 N–H and O–H groups in total. The summed E-state index contributed by atoms with van der Waals surface area (Å²) >= 11 is 0. The van der Waals surface area contributed by atoms with Crippen LogP contribution in [0.25, 0.3) is 11.1 Å². The summed E-state index contributed by atoms with van der Waals surface area (Å²) in [5.41, 5.74) is 4.15. The number of ether oxygens (including phenoxy) is 2. The Balaban J connectivity index is 1.50. The minimum Gasteiger partial charge on any atom is -0.496 e. The van der Waals surface area contributed by atoms with Crippen LogP contribution < -0.4 is 9.47 Å². The van der Waals surface area contributed by atoms with Crippen LogP contribution >= 0.6 is 0 Å². The fraction of sp³-hybridized carbons (Fsp3) is 0.120. The van der Waals surface area contributed by atoms with Gasteiger partial charge in [-0.25, -0.2) is 4.98 Å². The third kappa shape index (κ3) is 4.61. The van der Waals surface area contributed by atoms with Crippen molar-refractivity contribution in [3.63, 3.8) is 0 Å². The van der Waals surface area contributed by atoms with Crippen LogP contribution in [0.15, 0.2) is 91.3 Å². The maximum Gasteiger partial charge on any atom is 0.227 e. The molecule has 4 heteroatoms. The van der Waals surface area contributed by atoms with E-state index in [1.54, 1.807) is 19.5 Å². The Bertz CT molecular complexity index is 1060. The van der Waals surface area contributed by atoms with E-state index in [1.165, 1.54) is 5.56 Å². The fourth-order valence-electron chi connectivity index (χ4n) is 3.19. The average Bonchev–Trinajstić information content (AvgIpc) is 2.80. The van der Waals surface area contributed by atoms with Crippen molar-refractivity contribution in [1.29, 1.82) is 0 Å². The van der Waals surface area contributed by atoms with E-state index in [1.807, 2.05) is 54.6 Å². The van der Waals surface area contributed by atoms with Crippen LogP contribution in [0.4, 0.5) is 0 Å². The molecular formula is C25H22N2O2. The molecule has 0 aliphatic heterocycles. The van der Waals surface area contributed by atoms with Crippen LogP contribution in [0, 0.1) is 0 Å². The van der Waals surface area contributed by atoms with E-state index in [9.17, 15) is 0 Å². The van der Waals surface area contributed by atoms with Crippen LogP contribution in [-0.2, 0) is 12.8 Å². The number of hydrogen-bond donors (Lipinski definition) is 0. The van der Waals surface area contributed by atoms with Gasteiger partial charge in [0.15, 0.2) is 0 Å². The Kier molecular flexibility index (Phi) is 5.81. The third-order valence-corrected chi connectivity index (χ3v) is 4.69. The van der Waals surface area contributed by atoms with E-state index in [0.29, 0.717) is 11.6 Å². The molecule has 0 atom stereocenters. The Hall–Kier alpha value is -3.66. The minimum atomic E-state index is 0.524. The molecule has 2 heterocycles. The Morgan fingerprint density at radius 2 is 1.52 bits per heavy atom. The molecule has 0 unspecified atom stereocenters. The van der Waals surface area contributed by atoms with Gasteiger partial charge in [0.2, 0.25) is 5.88 Å². The summed E-state index contributed by atoms with van der Waals surface area (Å²) in [4.78, 5) is 8.97. The molecule has 4 rings (SSSR count). The van der Waals surface area contributed by atoms with Gasteiger partial charge in [-0.3, -0.25) is 4.98 Å². The maximum atomic E-state index is 6.05. The van der Waals surface area contributed by atoms with Gasteiger partial charge in [0.25, 0.3) is 0 Å². The molecular weight excluding hydrogens is 360 g/mol. The van der Waals surface area contributed by atoms with Gasteiger partial charge in [-0.2, -0.15) is 0 Å². The molecule has 0 saturated heterocycles. The van der Waals surface area contributed by atoms with Crippen LogP contribution in [0.3, 0.4) is 0 Å². The van der Waals surface area contributed by atoms with E-state index in [-0.39, 0.29) is 0 Å². The van der Waals surface area contributed by atoms with Gasteiger partial charge in [-0.05, 0) is 48.7 Å². The number of aryl methyl sites for hydroxylation is 2. The lowest BCUT2D eigenvalue weighted by molar-refractivity contribution is 0.415. The summed E-state index contributed by atoms with van der Waals surface area (Å²) in [6.45, 7) is 0. The van der Waals surface area contributed by atoms with Gasteiger partial charge in [-0.1, -0.05) is 48.5 Å². The quantitative estimate of drug-likeness (QED) is 0.409. The smallest absolute Gasteiger partial charge is 0.227 e. The van der Waals surface area contributed by atoms with Crippen LogP contribution in [0.2, 0.25) is 0 Å². The standard InChI is InChI=1S/C25H22N2O2/c1-28-24-12-6-5-10-22(24)23-11-7-17-26-25(23)29-21-16-15-20(27-18-21)14-13-19-8-3-2-4-9-19/h2-12,15-18H,13-14H2,1H3. The first-order chi connectivity index (χ1) is 14.3. The van der Waals surface area contributed by atoms with E-state index in [0.717, 1.165) is 35.4 Å². The van der Waals surface area contributed by atoms with Gasteiger partial charge >= 0.3 is 0 Å². The normalized spacial score (nSPS) is 10.5. The zero-order valence-corrected chi connectivity index (χ0v) is 16.3. The molecule has 144 valence electrons. The Morgan fingerprint density at radius 3 is 2.31 bits per heavy atom. The number of nitrogens with zero attached hydrogens (tertiary/aromatic N) is 2. The van der Waals surface area contributed by atoms with Crippen molar-refractivity contribution in [3.05, 3.63) is 103 Å². The highest BCUT2D eigenvalue weighted by Gasteiger charge is 2.12. The third-order valence-electron chi connectivity index (χ3n) is 4.69. The number of hydrogen-bond acceptors (Lipinski definition) is 4. The highest BCUT2D eigenvalue weighted by Crippen LogP contribution is 2.36. The van der Waals surface area contributed by atoms with Crippen molar-refractivity contribution in [3.8, 4) is 28.5 Å². The topological polar surface area (TPSA) is 44.2 Å². The molecule has 0 fully saturated rings. The van der Waals surface area contributed by atoms with Crippen LogP contribution in [-0.4, -0.2) is 17.1 Å². The summed E-state index contributed by atoms with van der Waals surface area (Å²) in [7, 11) is 1.66. The molecule has 0 bridgehead atoms. The fourth-order valence-corrected chi connectivity index (χ4v) is 3.19. The molecule has 0 amide bonds. The predicted molar refractivity (Wildman–Crippen MR) is 114 cm³/mol. The van der Waals surface area contributed by atoms with Gasteiger partial charge in [-0.15, -0.1) is 0 Å². The molecule has 2 aromatic carbocycles. The number of methoxy groups -OCH3 is 1. The lowest BCUT2D eigenvalue weighted by atomic mass is 10.1. The molecule has 0 saturated carbocycles. The first-order valence-electron chi connectivity index (χ1n) is 9.58. The zero-order valence-electron chi connectivity index (χ0n) is 16.3. The number of para-hydroxylation sites is 1. The van der Waals surface area contributed by atoms with Crippen molar-refractivity contribution in [2.45, 2.75) is 12.8 Å². The van der Waals surface area contributed by atoms with Crippen molar-refractivity contribution in [1.82, 2.24) is 9.97 Å². The molecule has 0 aliphatic rings. The zero-order chi connectivity index (χ0) is 19.9. The summed E-state index contributed by atoms with van der Waals surface area (Å²) in [6.07, 6.45) is 5.32. The molecule has 4 nitrogen and oxygen atoms in total. The van der Waals surface area contributed by atoms with Crippen molar-refractivity contribution >= 4 is 0 Å². The first-order valence-corrected chi connectivity index (χ1v) is 9.58. The Labute approximate surface area is 170 Å². The van der Waals surface area contributed by atoms with Crippen LogP contribution in [0.5, 0.6) is 17.4 Å². The number of pyridine rings is 2. The van der Waals surface area contributed by atoms with Crippen LogP contribution in [0.1, 0.15) is 11.3 Å². The predicted octanol–water partition coefficient (Wildman–Crippen LogP) is 5.73. The number of aromatic nitrogens is 2. The number of benzene rings is 2. The lowest BCUT2D eigenvalue weighted by Gasteiger charge is -2.12. The highest BCUT2D eigenvalue weighted by atomic mass is 16.5. The number of rotatable bonds is 7. The molecule has 4 aromatic rings. The molecule has 29 heavy (non-hydrogen) atoms. The van der Waals surface area contributed by atoms with E-state index < -0.39 is 0 Å². The van der Waals surface area contributed by atoms with Crippen molar-refractivity contribution < 1.29 is 9.47 Å². The van der Waals surface area contributed by atoms with Crippen molar-refractivity contribution in [2.24, 2.45) is 0 Å². The molecule has 2 aromatic heterocycles. The monoisotopic (exact) mass is 382 g/mol. The average molecular weight is 382 g/mol. The summed E-state index contributed by atoms with van der Waals surface area (Å²) in [5.74, 6) is 1.96. The van der Waals surface area contributed by atoms with Gasteiger partial charge in [0.1, 0.15) is 11.5 Å². The van der Waals surface area contributed by atoms with Gasteiger partial charge in [0.05, 0.1) is 13.3 Å². The second kappa shape index (κ2) is 9.02. The van der Waals surface area contributed by atoms with E-state index in [2.05, 4.69) is 34.2 Å². The maximum absolute atomic E-state index is 6.05. The van der Waals surface area contributed by atoms with E-state index >= 15 is 0 Å². The molecule has 0 aliphatic carbocycles. The molecule has 0 radical (unpaired) electrons. The minimum absolute atomic E-state index is 0.524. The summed E-state index contributed by atoms with van der Waals surface area (Å²) < 4.78 is 11.5. The SMILES string of the molecule is COc1ccccc1-c1cccnc1Oc1ccc(CCc2ccccc2)nc1. The molecule has 0 spiro atoms. The van der Waals surface area contributed by atoms with E-state index in [4.69, 9.17) is 9.47 Å². The second-order valence-electron chi connectivity index (χ2n) is 6.63. The van der Waals surface area contributed by atoms with Gasteiger partial charge in [0, 0.05) is 23.0 Å². The van der Waals surface area contributed by atoms with Gasteiger partial charge < -0.3 is 9.47 Å². The lowest BCUT2D eigenvalue weighted by Crippen LogP contribution is -1.96. The first kappa shape index (κ1) is 18.7. The summed E-state index contributed by atoms with van der Waals surface area (Å²) in [5, 5.41) is 0. The highest BCUT2D eigenvalue weighted by molar-refractivity contribution is 5.74. The second-order valence-corrected chi connectivity index (χ2v) is 6.63. The largest absolute Gasteiger partial charge is 0.496 e.